The molecule has 1 saturated carbocycles. The van der Waals surface area contributed by atoms with E-state index in [1.165, 1.54) is 12.0 Å². The summed E-state index contributed by atoms with van der Waals surface area (Å²) >= 11 is 5.18. The fraction of sp³-hybridized carbons (Fsp3) is 0.529. The van der Waals surface area contributed by atoms with Gasteiger partial charge in [0.05, 0.1) is 10.4 Å². The molecule has 4 heteroatoms. The van der Waals surface area contributed by atoms with E-state index in [2.05, 4.69) is 17.4 Å². The summed E-state index contributed by atoms with van der Waals surface area (Å²) in [5.41, 5.74) is 6.57. The van der Waals surface area contributed by atoms with Gasteiger partial charge in [-0.1, -0.05) is 61.8 Å². The number of thiocarbonyl (C=S) groups is 1. The molecular weight excluding hydrogens is 280 g/mol. The number of hydrogen-bond acceptors (Lipinski definition) is 2. The lowest BCUT2D eigenvalue weighted by atomic mass is 9.73. The van der Waals surface area contributed by atoms with E-state index in [4.69, 9.17) is 18.0 Å². The molecule has 1 aliphatic carbocycles. The van der Waals surface area contributed by atoms with Gasteiger partial charge in [-0.05, 0) is 31.2 Å². The maximum atomic E-state index is 12.5. The van der Waals surface area contributed by atoms with Crippen LogP contribution < -0.4 is 11.1 Å². The van der Waals surface area contributed by atoms with Crippen LogP contribution in [0.5, 0.6) is 0 Å². The van der Waals surface area contributed by atoms with E-state index in [1.54, 1.807) is 0 Å². The van der Waals surface area contributed by atoms with Crippen LogP contribution in [0.2, 0.25) is 0 Å². The summed E-state index contributed by atoms with van der Waals surface area (Å²) in [6, 6.07) is 10.3. The third-order valence-corrected chi connectivity index (χ3v) is 4.77. The molecule has 0 aliphatic heterocycles. The first-order valence-corrected chi connectivity index (χ1v) is 8.18. The van der Waals surface area contributed by atoms with Crippen molar-refractivity contribution in [1.82, 2.24) is 5.32 Å². The first kappa shape index (κ1) is 16.0. The molecule has 3 nitrogen and oxygen atoms in total. The second kappa shape index (κ2) is 7.55. The number of nitrogens with one attached hydrogen (secondary N) is 1. The average molecular weight is 304 g/mol. The number of rotatable bonds is 6. The van der Waals surface area contributed by atoms with Crippen molar-refractivity contribution in [3.05, 3.63) is 35.9 Å². The van der Waals surface area contributed by atoms with Gasteiger partial charge >= 0.3 is 0 Å². The molecule has 2 rings (SSSR count). The molecular formula is C17H24N2OS. The zero-order chi connectivity index (χ0) is 15.1. The minimum absolute atomic E-state index is 0.0303. The number of aryl methyl sites for hydroxylation is 1. The first-order valence-electron chi connectivity index (χ1n) is 7.77. The van der Waals surface area contributed by atoms with Crippen molar-refractivity contribution in [3.63, 3.8) is 0 Å². The number of benzene rings is 1. The van der Waals surface area contributed by atoms with Crippen molar-refractivity contribution in [2.45, 2.75) is 44.9 Å². The summed E-state index contributed by atoms with van der Waals surface area (Å²) in [5, 5.41) is 3.04. The van der Waals surface area contributed by atoms with Gasteiger partial charge in [0.25, 0.3) is 0 Å². The van der Waals surface area contributed by atoms with Crippen LogP contribution in [0.1, 0.15) is 44.1 Å². The van der Waals surface area contributed by atoms with E-state index < -0.39 is 5.41 Å². The molecule has 21 heavy (non-hydrogen) atoms. The third-order valence-electron chi connectivity index (χ3n) is 4.38. The Hall–Kier alpha value is -1.42. The van der Waals surface area contributed by atoms with E-state index >= 15 is 0 Å². The molecule has 0 unspecified atom stereocenters. The molecule has 0 aromatic heterocycles. The monoisotopic (exact) mass is 304 g/mol. The zero-order valence-corrected chi connectivity index (χ0v) is 13.3. The summed E-state index contributed by atoms with van der Waals surface area (Å²) in [7, 11) is 0. The van der Waals surface area contributed by atoms with Crippen molar-refractivity contribution in [2.75, 3.05) is 6.54 Å². The molecule has 1 amide bonds. The number of carbonyl (C=O) groups is 1. The molecule has 0 heterocycles. The van der Waals surface area contributed by atoms with E-state index in [9.17, 15) is 4.79 Å². The molecule has 1 fully saturated rings. The minimum atomic E-state index is -0.597. The van der Waals surface area contributed by atoms with E-state index in [-0.39, 0.29) is 5.91 Å². The van der Waals surface area contributed by atoms with Crippen molar-refractivity contribution in [2.24, 2.45) is 11.1 Å². The predicted octanol–water partition coefficient (Wildman–Crippen LogP) is 2.97. The normalized spacial score (nSPS) is 17.1. The smallest absolute Gasteiger partial charge is 0.233 e. The summed E-state index contributed by atoms with van der Waals surface area (Å²) < 4.78 is 0. The standard InChI is InChI=1S/C17H24N2OS/c18-15(21)17(11-5-2-6-12-17)16(20)19-13-7-10-14-8-3-1-4-9-14/h1,3-4,8-9H,2,5-7,10-13H2,(H2,18,21)(H,19,20). The Morgan fingerprint density at radius 3 is 2.48 bits per heavy atom. The maximum Gasteiger partial charge on any atom is 0.233 e. The summed E-state index contributed by atoms with van der Waals surface area (Å²) in [6.07, 6.45) is 6.75. The molecule has 1 aromatic rings. The van der Waals surface area contributed by atoms with Gasteiger partial charge in [0.1, 0.15) is 0 Å². The Morgan fingerprint density at radius 2 is 1.86 bits per heavy atom. The third kappa shape index (κ3) is 4.03. The quantitative estimate of drug-likeness (QED) is 0.627. The Labute approximate surface area is 132 Å². The second-order valence-electron chi connectivity index (χ2n) is 5.85. The molecule has 0 radical (unpaired) electrons. The number of amides is 1. The van der Waals surface area contributed by atoms with Gasteiger partial charge in [0.15, 0.2) is 0 Å². The van der Waals surface area contributed by atoms with Crippen molar-refractivity contribution >= 4 is 23.1 Å². The highest BCUT2D eigenvalue weighted by Crippen LogP contribution is 2.36. The van der Waals surface area contributed by atoms with Crippen LogP contribution in [-0.4, -0.2) is 17.4 Å². The fourth-order valence-electron chi connectivity index (χ4n) is 3.05. The maximum absolute atomic E-state index is 12.5. The number of carbonyl (C=O) groups excluding carboxylic acids is 1. The van der Waals surface area contributed by atoms with Crippen molar-refractivity contribution < 1.29 is 4.79 Å². The largest absolute Gasteiger partial charge is 0.392 e. The lowest BCUT2D eigenvalue weighted by Gasteiger charge is -2.34. The zero-order valence-electron chi connectivity index (χ0n) is 12.4. The molecule has 0 atom stereocenters. The topological polar surface area (TPSA) is 55.1 Å². The van der Waals surface area contributed by atoms with E-state index in [0.717, 1.165) is 38.5 Å². The molecule has 0 bridgehead atoms. The second-order valence-corrected chi connectivity index (χ2v) is 6.29. The van der Waals surface area contributed by atoms with Crippen molar-refractivity contribution in [1.29, 1.82) is 0 Å². The molecule has 0 spiro atoms. The molecule has 1 aromatic carbocycles. The van der Waals surface area contributed by atoms with Gasteiger partial charge in [-0.15, -0.1) is 0 Å². The molecule has 3 N–H and O–H groups in total. The van der Waals surface area contributed by atoms with Gasteiger partial charge in [-0.2, -0.15) is 0 Å². The Kier molecular flexibility index (Phi) is 5.74. The Balaban J connectivity index is 1.81. The summed E-state index contributed by atoms with van der Waals surface area (Å²) in [6.45, 7) is 0.679. The van der Waals surface area contributed by atoms with Crippen LogP contribution in [0.3, 0.4) is 0 Å². The minimum Gasteiger partial charge on any atom is -0.392 e. The lowest BCUT2D eigenvalue weighted by Crippen LogP contribution is -2.50. The Bertz CT molecular complexity index is 481. The summed E-state index contributed by atoms with van der Waals surface area (Å²) in [4.78, 5) is 12.9. The fourth-order valence-corrected chi connectivity index (χ4v) is 3.35. The molecule has 0 saturated heterocycles. The highest BCUT2D eigenvalue weighted by molar-refractivity contribution is 7.80. The summed E-state index contributed by atoms with van der Waals surface area (Å²) in [5.74, 6) is 0.0303. The van der Waals surface area contributed by atoms with Gasteiger partial charge in [0.2, 0.25) is 5.91 Å². The average Bonchev–Trinajstić information content (AvgIpc) is 2.53. The number of hydrogen-bond donors (Lipinski definition) is 2. The van der Waals surface area contributed by atoms with Gasteiger partial charge < -0.3 is 11.1 Å². The van der Waals surface area contributed by atoms with Crippen LogP contribution in [-0.2, 0) is 11.2 Å². The molecule has 1 aliphatic rings. The van der Waals surface area contributed by atoms with E-state index in [0.29, 0.717) is 11.5 Å². The van der Waals surface area contributed by atoms with Gasteiger partial charge in [-0.3, -0.25) is 4.79 Å². The van der Waals surface area contributed by atoms with Gasteiger partial charge in [0, 0.05) is 6.54 Å². The lowest BCUT2D eigenvalue weighted by molar-refractivity contribution is -0.128. The van der Waals surface area contributed by atoms with E-state index in [1.807, 2.05) is 18.2 Å². The molecule has 114 valence electrons. The van der Waals surface area contributed by atoms with Crippen LogP contribution in [0, 0.1) is 5.41 Å². The SMILES string of the molecule is NC(=S)C1(C(=O)NCCCc2ccccc2)CCCCC1. The van der Waals surface area contributed by atoms with Crippen LogP contribution >= 0.6 is 12.2 Å². The van der Waals surface area contributed by atoms with Crippen molar-refractivity contribution in [3.8, 4) is 0 Å². The van der Waals surface area contributed by atoms with Crippen LogP contribution in [0.4, 0.5) is 0 Å². The van der Waals surface area contributed by atoms with Gasteiger partial charge in [-0.25, -0.2) is 0 Å². The first-order chi connectivity index (χ1) is 10.1. The highest BCUT2D eigenvalue weighted by Gasteiger charge is 2.41. The Morgan fingerprint density at radius 1 is 1.19 bits per heavy atom. The van der Waals surface area contributed by atoms with Crippen LogP contribution in [0.15, 0.2) is 30.3 Å². The highest BCUT2D eigenvalue weighted by atomic mass is 32.1. The van der Waals surface area contributed by atoms with Crippen LogP contribution in [0.25, 0.3) is 0 Å². The predicted molar refractivity (Wildman–Crippen MR) is 90.1 cm³/mol. The number of nitrogens with two attached hydrogens (primary N) is 1.